The van der Waals surface area contributed by atoms with Crippen LogP contribution >= 0.6 is 0 Å². The van der Waals surface area contributed by atoms with Gasteiger partial charge in [-0.15, -0.1) is 0 Å². The van der Waals surface area contributed by atoms with E-state index in [9.17, 15) is 0 Å². The molecule has 0 atom stereocenters. The molecule has 0 saturated carbocycles. The summed E-state index contributed by atoms with van der Waals surface area (Å²) in [6.45, 7) is 0.579. The minimum absolute atomic E-state index is 0.204. The molecule has 8 nitrogen and oxygen atoms in total. The third-order valence-electron chi connectivity index (χ3n) is 3.99. The molecule has 0 spiro atoms. The Kier molecular flexibility index (Phi) is 4.52. The van der Waals surface area contributed by atoms with Gasteiger partial charge in [-0.05, 0) is 17.7 Å². The maximum atomic E-state index is 5.42. The molecule has 0 aliphatic heterocycles. The number of nitrogens with one attached hydrogen (secondary N) is 1. The van der Waals surface area contributed by atoms with E-state index in [0.717, 1.165) is 16.6 Å². The number of anilines is 1. The largest absolute Gasteiger partial charge is 0.468 e. The first-order valence-electron chi connectivity index (χ1n) is 8.38. The zero-order valence-electron chi connectivity index (χ0n) is 15.0. The molecule has 0 saturated heterocycles. The van der Waals surface area contributed by atoms with Crippen LogP contribution in [0, 0.1) is 0 Å². The highest BCUT2D eigenvalue weighted by Crippen LogP contribution is 2.25. The number of aromatic nitrogens is 5. The highest BCUT2D eigenvalue weighted by molar-refractivity contribution is 5.78. The van der Waals surface area contributed by atoms with Gasteiger partial charge in [0, 0.05) is 6.54 Å². The third kappa shape index (κ3) is 3.37. The van der Waals surface area contributed by atoms with Crippen molar-refractivity contribution < 1.29 is 9.47 Å². The average Bonchev–Trinajstić information content (AvgIpc) is 3.11. The fourth-order valence-electron chi connectivity index (χ4n) is 2.73. The zero-order chi connectivity index (χ0) is 18.6. The first-order valence-corrected chi connectivity index (χ1v) is 8.38. The van der Waals surface area contributed by atoms with E-state index < -0.39 is 0 Å². The van der Waals surface area contributed by atoms with Crippen molar-refractivity contribution in [3.05, 3.63) is 60.2 Å². The monoisotopic (exact) mass is 362 g/mol. The molecule has 136 valence electrons. The van der Waals surface area contributed by atoms with Crippen molar-refractivity contribution in [3.63, 3.8) is 0 Å². The minimum atomic E-state index is 0.204. The molecule has 0 bridgehead atoms. The Labute approximate surface area is 155 Å². The van der Waals surface area contributed by atoms with Crippen molar-refractivity contribution in [2.75, 3.05) is 19.5 Å². The van der Waals surface area contributed by atoms with Crippen molar-refractivity contribution in [3.8, 4) is 18.0 Å². The van der Waals surface area contributed by atoms with E-state index in [0.29, 0.717) is 24.5 Å². The van der Waals surface area contributed by atoms with Gasteiger partial charge in [0.2, 0.25) is 11.9 Å². The van der Waals surface area contributed by atoms with Crippen molar-refractivity contribution >= 4 is 17.0 Å². The molecule has 0 radical (unpaired) electrons. The van der Waals surface area contributed by atoms with Crippen LogP contribution in [-0.4, -0.2) is 38.7 Å². The number of nitrogens with zero attached hydrogens (tertiary/aromatic N) is 5. The highest BCUT2D eigenvalue weighted by Gasteiger charge is 2.17. The molecular formula is C19H18N6O2. The Morgan fingerprint density at radius 2 is 1.63 bits per heavy atom. The number of fused-ring (bicyclic) bond motifs is 1. The Bertz CT molecular complexity index is 1060. The summed E-state index contributed by atoms with van der Waals surface area (Å²) in [5, 5.41) is 3.21. The van der Waals surface area contributed by atoms with Crippen LogP contribution in [0.25, 0.3) is 17.0 Å². The fourth-order valence-corrected chi connectivity index (χ4v) is 2.73. The second-order valence-corrected chi connectivity index (χ2v) is 5.71. The van der Waals surface area contributed by atoms with Crippen LogP contribution in [0.1, 0.15) is 5.56 Å². The van der Waals surface area contributed by atoms with E-state index in [4.69, 9.17) is 9.47 Å². The van der Waals surface area contributed by atoms with Crippen LogP contribution in [0.4, 0.5) is 5.95 Å². The molecule has 4 aromatic rings. The summed E-state index contributed by atoms with van der Waals surface area (Å²) in [5.41, 5.74) is 2.73. The first-order chi connectivity index (χ1) is 13.3. The highest BCUT2D eigenvalue weighted by atomic mass is 16.5. The van der Waals surface area contributed by atoms with E-state index in [1.807, 2.05) is 54.6 Å². The number of rotatable bonds is 6. The molecular weight excluding hydrogens is 344 g/mol. The second kappa shape index (κ2) is 7.28. The summed E-state index contributed by atoms with van der Waals surface area (Å²) >= 11 is 0. The van der Waals surface area contributed by atoms with Gasteiger partial charge in [0.05, 0.1) is 25.3 Å². The molecule has 0 aliphatic rings. The summed E-state index contributed by atoms with van der Waals surface area (Å²) in [4.78, 5) is 17.6. The van der Waals surface area contributed by atoms with Gasteiger partial charge in [-0.3, -0.25) is 0 Å². The molecule has 2 aromatic heterocycles. The van der Waals surface area contributed by atoms with Crippen molar-refractivity contribution in [1.29, 1.82) is 0 Å². The first kappa shape index (κ1) is 16.8. The van der Waals surface area contributed by atoms with E-state index in [-0.39, 0.29) is 6.01 Å². The van der Waals surface area contributed by atoms with Crippen LogP contribution in [0.2, 0.25) is 0 Å². The van der Waals surface area contributed by atoms with Crippen LogP contribution in [0.3, 0.4) is 0 Å². The zero-order valence-corrected chi connectivity index (χ0v) is 15.0. The molecule has 0 aliphatic carbocycles. The smallest absolute Gasteiger partial charge is 0.322 e. The summed E-state index contributed by atoms with van der Waals surface area (Å²) in [7, 11) is 3.08. The van der Waals surface area contributed by atoms with Gasteiger partial charge in [-0.1, -0.05) is 42.5 Å². The molecule has 2 aromatic carbocycles. The number of hydrogen-bond donors (Lipinski definition) is 1. The van der Waals surface area contributed by atoms with Crippen molar-refractivity contribution in [2.45, 2.75) is 6.54 Å². The lowest BCUT2D eigenvalue weighted by atomic mass is 10.2. The quantitative estimate of drug-likeness (QED) is 0.564. The molecule has 0 amide bonds. The van der Waals surface area contributed by atoms with Gasteiger partial charge in [0.15, 0.2) is 0 Å². The third-order valence-corrected chi connectivity index (χ3v) is 3.99. The summed E-state index contributed by atoms with van der Waals surface area (Å²) in [5.74, 6) is 0.767. The number of hydrogen-bond acceptors (Lipinski definition) is 7. The molecule has 2 heterocycles. The number of benzene rings is 2. The summed E-state index contributed by atoms with van der Waals surface area (Å²) < 4.78 is 12.4. The minimum Gasteiger partial charge on any atom is -0.468 e. The van der Waals surface area contributed by atoms with E-state index in [1.165, 1.54) is 7.11 Å². The molecule has 0 unspecified atom stereocenters. The van der Waals surface area contributed by atoms with Crippen LogP contribution in [0.15, 0.2) is 54.6 Å². The second-order valence-electron chi connectivity index (χ2n) is 5.71. The fraction of sp³-hybridized carbons (Fsp3) is 0.158. The lowest BCUT2D eigenvalue weighted by Crippen LogP contribution is -2.11. The van der Waals surface area contributed by atoms with Gasteiger partial charge in [0.25, 0.3) is 0 Å². The number of para-hydroxylation sites is 2. The van der Waals surface area contributed by atoms with Gasteiger partial charge < -0.3 is 14.8 Å². The van der Waals surface area contributed by atoms with E-state index in [2.05, 4.69) is 25.3 Å². The normalized spacial score (nSPS) is 10.7. The predicted molar refractivity (Wildman–Crippen MR) is 101 cm³/mol. The van der Waals surface area contributed by atoms with Crippen LogP contribution < -0.4 is 14.8 Å². The molecule has 0 fully saturated rings. The van der Waals surface area contributed by atoms with E-state index >= 15 is 0 Å². The van der Waals surface area contributed by atoms with Gasteiger partial charge in [-0.25, -0.2) is 4.57 Å². The Morgan fingerprint density at radius 3 is 2.41 bits per heavy atom. The number of methoxy groups -OCH3 is 2. The standard InChI is InChI=1S/C19H18N6O2/c1-26-18-23-16(20-12-13-8-4-3-5-9-13)22-17(24-18)25-15-11-7-6-10-14(15)21-19(25)27-2/h3-11H,12H2,1-2H3,(H,20,22,23,24). The topological polar surface area (TPSA) is 87.0 Å². The predicted octanol–water partition coefficient (Wildman–Crippen LogP) is 2.84. The molecule has 4 rings (SSSR count). The molecule has 8 heteroatoms. The van der Waals surface area contributed by atoms with Crippen LogP contribution in [-0.2, 0) is 6.54 Å². The summed E-state index contributed by atoms with van der Waals surface area (Å²) in [6.07, 6.45) is 0. The lowest BCUT2D eigenvalue weighted by Gasteiger charge is -2.10. The van der Waals surface area contributed by atoms with Crippen molar-refractivity contribution in [2.24, 2.45) is 0 Å². The van der Waals surface area contributed by atoms with E-state index in [1.54, 1.807) is 11.7 Å². The average molecular weight is 362 g/mol. The number of ether oxygens (including phenoxy) is 2. The Morgan fingerprint density at radius 1 is 0.852 bits per heavy atom. The maximum Gasteiger partial charge on any atom is 0.322 e. The summed E-state index contributed by atoms with van der Waals surface area (Å²) in [6, 6.07) is 18.3. The van der Waals surface area contributed by atoms with Gasteiger partial charge in [0.1, 0.15) is 0 Å². The lowest BCUT2D eigenvalue weighted by molar-refractivity contribution is 0.366. The SMILES string of the molecule is COc1nc(NCc2ccccc2)nc(-n2c(OC)nc3ccccc32)n1. The van der Waals surface area contributed by atoms with Gasteiger partial charge >= 0.3 is 12.0 Å². The number of imidazole rings is 1. The van der Waals surface area contributed by atoms with Gasteiger partial charge in [-0.2, -0.15) is 19.9 Å². The maximum absolute atomic E-state index is 5.42. The molecule has 27 heavy (non-hydrogen) atoms. The molecule has 1 N–H and O–H groups in total. The van der Waals surface area contributed by atoms with Crippen LogP contribution in [0.5, 0.6) is 12.0 Å². The Hall–Kier alpha value is -3.68. The van der Waals surface area contributed by atoms with Crippen molar-refractivity contribution in [1.82, 2.24) is 24.5 Å². The Balaban J connectivity index is 1.75.